The Morgan fingerprint density at radius 1 is 1.40 bits per heavy atom. The lowest BCUT2D eigenvalue weighted by Gasteiger charge is -2.13. The van der Waals surface area contributed by atoms with Gasteiger partial charge >= 0.3 is 0 Å². The molecule has 0 fully saturated rings. The van der Waals surface area contributed by atoms with Crippen molar-refractivity contribution in [3.63, 3.8) is 0 Å². The lowest BCUT2D eigenvalue weighted by Crippen LogP contribution is -2.24. The first-order chi connectivity index (χ1) is 12.0. The molecule has 3 rings (SSSR count). The fourth-order valence-corrected chi connectivity index (χ4v) is 3.21. The average molecular weight is 408 g/mol. The molecule has 1 atom stereocenters. The number of benzene rings is 2. The maximum atomic E-state index is 13.8. The Kier molecular flexibility index (Phi) is 5.27. The maximum Gasteiger partial charge on any atom is 0.254 e. The Bertz CT molecular complexity index is 809. The van der Waals surface area contributed by atoms with Crippen LogP contribution in [0.2, 0.25) is 0 Å². The minimum Gasteiger partial charge on any atom is -0.494 e. The summed E-state index contributed by atoms with van der Waals surface area (Å²) in [6.07, 6.45) is 0.968. The van der Waals surface area contributed by atoms with E-state index in [4.69, 9.17) is 9.47 Å². The van der Waals surface area contributed by atoms with Crippen LogP contribution in [0.3, 0.4) is 0 Å². The smallest absolute Gasteiger partial charge is 0.254 e. The summed E-state index contributed by atoms with van der Waals surface area (Å²) in [6, 6.07) is 8.13. The number of nitrogens with one attached hydrogen (secondary N) is 1. The van der Waals surface area contributed by atoms with Crippen molar-refractivity contribution in [2.75, 3.05) is 6.61 Å². The van der Waals surface area contributed by atoms with Gasteiger partial charge in [0, 0.05) is 28.6 Å². The van der Waals surface area contributed by atoms with Crippen LogP contribution in [-0.4, -0.2) is 18.6 Å². The molecule has 25 heavy (non-hydrogen) atoms. The first-order valence-electron chi connectivity index (χ1n) is 8.16. The summed E-state index contributed by atoms with van der Waals surface area (Å²) in [5.41, 5.74) is 1.90. The van der Waals surface area contributed by atoms with Gasteiger partial charge in [-0.2, -0.15) is 0 Å². The molecular weight excluding hydrogens is 389 g/mol. The molecule has 1 N–H and O–H groups in total. The second-order valence-corrected chi connectivity index (χ2v) is 6.86. The van der Waals surface area contributed by atoms with Crippen molar-refractivity contribution in [3.05, 3.63) is 57.3 Å². The van der Waals surface area contributed by atoms with Crippen molar-refractivity contribution in [3.8, 4) is 11.5 Å². The van der Waals surface area contributed by atoms with Crippen LogP contribution in [0.25, 0.3) is 0 Å². The summed E-state index contributed by atoms with van der Waals surface area (Å²) in [4.78, 5) is 12.3. The second-order valence-electron chi connectivity index (χ2n) is 5.94. The Morgan fingerprint density at radius 3 is 2.96 bits per heavy atom. The third kappa shape index (κ3) is 3.95. The van der Waals surface area contributed by atoms with E-state index in [0.29, 0.717) is 16.8 Å². The predicted octanol–water partition coefficient (Wildman–Crippen LogP) is 4.24. The van der Waals surface area contributed by atoms with Crippen molar-refractivity contribution in [2.24, 2.45) is 0 Å². The number of carbonyl (C=O) groups is 1. The lowest BCUT2D eigenvalue weighted by molar-refractivity contribution is 0.0946. The van der Waals surface area contributed by atoms with Crippen molar-refractivity contribution in [1.82, 2.24) is 5.32 Å². The molecule has 0 bridgehead atoms. The summed E-state index contributed by atoms with van der Waals surface area (Å²) in [7, 11) is 0. The first kappa shape index (κ1) is 17.7. The number of fused-ring (bicyclic) bond motifs is 1. The zero-order chi connectivity index (χ0) is 18.0. The topological polar surface area (TPSA) is 47.6 Å². The van der Waals surface area contributed by atoms with Gasteiger partial charge in [0.15, 0.2) is 0 Å². The number of amides is 1. The summed E-state index contributed by atoms with van der Waals surface area (Å²) in [5.74, 6) is 0.496. The summed E-state index contributed by atoms with van der Waals surface area (Å²) < 4.78 is 26.0. The standard InChI is InChI=1S/C19H19BrFNO3/c1-3-24-17-7-12-6-11(2)25-18(12)8-13(17)10-22-19(23)15-9-14(20)4-5-16(15)21/h4-5,7-9,11H,3,6,10H2,1-2H3,(H,22,23). The molecule has 0 saturated carbocycles. The molecule has 0 aromatic heterocycles. The number of hydrogen-bond donors (Lipinski definition) is 1. The number of hydrogen-bond acceptors (Lipinski definition) is 3. The Balaban J connectivity index is 1.79. The van der Waals surface area contributed by atoms with Gasteiger partial charge in [0.25, 0.3) is 5.91 Å². The van der Waals surface area contributed by atoms with Gasteiger partial charge in [0.05, 0.1) is 12.2 Å². The number of halogens is 2. The van der Waals surface area contributed by atoms with Gasteiger partial charge < -0.3 is 14.8 Å². The van der Waals surface area contributed by atoms with E-state index in [2.05, 4.69) is 21.2 Å². The predicted molar refractivity (Wildman–Crippen MR) is 96.7 cm³/mol. The number of rotatable bonds is 5. The summed E-state index contributed by atoms with van der Waals surface area (Å²) in [5, 5.41) is 2.75. The van der Waals surface area contributed by atoms with Crippen molar-refractivity contribution in [2.45, 2.75) is 32.9 Å². The third-order valence-electron chi connectivity index (χ3n) is 3.99. The van der Waals surface area contributed by atoms with Gasteiger partial charge in [-0.05, 0) is 44.2 Å². The zero-order valence-electron chi connectivity index (χ0n) is 14.1. The minimum atomic E-state index is -0.558. The molecule has 4 nitrogen and oxygen atoms in total. The molecule has 1 amide bonds. The van der Waals surface area contributed by atoms with E-state index in [1.165, 1.54) is 12.1 Å². The van der Waals surface area contributed by atoms with Crippen LogP contribution < -0.4 is 14.8 Å². The molecule has 0 radical (unpaired) electrons. The van der Waals surface area contributed by atoms with E-state index < -0.39 is 11.7 Å². The molecular formula is C19H19BrFNO3. The quantitative estimate of drug-likeness (QED) is 0.805. The van der Waals surface area contributed by atoms with E-state index in [9.17, 15) is 9.18 Å². The number of ether oxygens (including phenoxy) is 2. The Morgan fingerprint density at radius 2 is 2.20 bits per heavy atom. The maximum absolute atomic E-state index is 13.8. The molecule has 0 aliphatic carbocycles. The van der Waals surface area contributed by atoms with Gasteiger partial charge in [-0.3, -0.25) is 4.79 Å². The van der Waals surface area contributed by atoms with E-state index in [-0.39, 0.29) is 18.2 Å². The molecule has 0 spiro atoms. The fraction of sp³-hybridized carbons (Fsp3) is 0.316. The molecule has 0 saturated heterocycles. The zero-order valence-corrected chi connectivity index (χ0v) is 15.7. The SMILES string of the molecule is CCOc1cc2c(cc1CNC(=O)c1cc(Br)ccc1F)OC(C)C2. The van der Waals surface area contributed by atoms with Crippen LogP contribution in [0.5, 0.6) is 11.5 Å². The minimum absolute atomic E-state index is 0.00151. The Labute approximate surface area is 154 Å². The van der Waals surface area contributed by atoms with Crippen molar-refractivity contribution < 1.29 is 18.7 Å². The normalized spacial score (nSPS) is 15.4. The van der Waals surface area contributed by atoms with Gasteiger partial charge in [-0.15, -0.1) is 0 Å². The number of carbonyl (C=O) groups excluding carboxylic acids is 1. The van der Waals surface area contributed by atoms with Crippen molar-refractivity contribution >= 4 is 21.8 Å². The Hall–Kier alpha value is -2.08. The van der Waals surface area contributed by atoms with Gasteiger partial charge in [0.2, 0.25) is 0 Å². The highest BCUT2D eigenvalue weighted by atomic mass is 79.9. The summed E-state index contributed by atoms with van der Waals surface area (Å²) in [6.45, 7) is 4.67. The lowest BCUT2D eigenvalue weighted by atomic mass is 10.1. The van der Waals surface area contributed by atoms with E-state index in [1.54, 1.807) is 6.07 Å². The molecule has 6 heteroatoms. The van der Waals surface area contributed by atoms with Gasteiger partial charge in [-0.25, -0.2) is 4.39 Å². The first-order valence-corrected chi connectivity index (χ1v) is 8.95. The monoisotopic (exact) mass is 407 g/mol. The molecule has 1 aliphatic heterocycles. The summed E-state index contributed by atoms with van der Waals surface area (Å²) >= 11 is 3.25. The molecule has 1 unspecified atom stereocenters. The second kappa shape index (κ2) is 7.44. The highest BCUT2D eigenvalue weighted by Gasteiger charge is 2.22. The van der Waals surface area contributed by atoms with E-state index in [1.807, 2.05) is 26.0 Å². The van der Waals surface area contributed by atoms with Crippen LogP contribution in [-0.2, 0) is 13.0 Å². The molecule has 1 aliphatic rings. The molecule has 2 aromatic rings. The molecule has 132 valence electrons. The average Bonchev–Trinajstić information content (AvgIpc) is 2.93. The van der Waals surface area contributed by atoms with E-state index in [0.717, 1.165) is 23.3 Å². The van der Waals surface area contributed by atoms with Crippen molar-refractivity contribution in [1.29, 1.82) is 0 Å². The van der Waals surface area contributed by atoms with E-state index >= 15 is 0 Å². The van der Waals surface area contributed by atoms with Gasteiger partial charge in [-0.1, -0.05) is 15.9 Å². The fourth-order valence-electron chi connectivity index (χ4n) is 2.85. The molecule has 2 aromatic carbocycles. The van der Waals surface area contributed by atoms with Crippen LogP contribution in [0, 0.1) is 5.82 Å². The molecule has 1 heterocycles. The van der Waals surface area contributed by atoms with Crippen LogP contribution in [0.4, 0.5) is 4.39 Å². The van der Waals surface area contributed by atoms with Crippen LogP contribution in [0.15, 0.2) is 34.8 Å². The largest absolute Gasteiger partial charge is 0.494 e. The van der Waals surface area contributed by atoms with Crippen LogP contribution >= 0.6 is 15.9 Å². The highest BCUT2D eigenvalue weighted by molar-refractivity contribution is 9.10. The highest BCUT2D eigenvalue weighted by Crippen LogP contribution is 2.35. The van der Waals surface area contributed by atoms with Gasteiger partial charge in [0.1, 0.15) is 23.4 Å². The van der Waals surface area contributed by atoms with Crippen LogP contribution in [0.1, 0.15) is 35.3 Å². The third-order valence-corrected chi connectivity index (χ3v) is 4.48.